The van der Waals surface area contributed by atoms with Gasteiger partial charge in [-0.25, -0.2) is 0 Å². The lowest BCUT2D eigenvalue weighted by atomic mass is 10.1. The number of nitrogens with one attached hydrogen (secondary N) is 3. The first-order valence-corrected chi connectivity index (χ1v) is 8.03. The molecule has 3 rings (SSSR count). The molecule has 2 heterocycles. The van der Waals surface area contributed by atoms with Crippen molar-refractivity contribution in [3.8, 4) is 11.3 Å². The van der Waals surface area contributed by atoms with Gasteiger partial charge in [-0.05, 0) is 36.3 Å². The van der Waals surface area contributed by atoms with Gasteiger partial charge in [-0.3, -0.25) is 15.0 Å². The molecule has 1 aromatic carbocycles. The molecule has 0 bridgehead atoms. The number of anilines is 1. The molecule has 1 fully saturated rings. The van der Waals surface area contributed by atoms with Crippen molar-refractivity contribution in [2.24, 2.45) is 0 Å². The average molecular weight is 289 g/mol. The molecule has 20 heavy (non-hydrogen) atoms. The summed E-state index contributed by atoms with van der Waals surface area (Å²) < 4.78 is 0. The van der Waals surface area contributed by atoms with E-state index in [1.807, 2.05) is 23.9 Å². The Morgan fingerprint density at radius 1 is 1.25 bits per heavy atom. The first-order valence-electron chi connectivity index (χ1n) is 6.98. The molecule has 5 heteroatoms. The van der Waals surface area contributed by atoms with Crippen LogP contribution in [0.25, 0.3) is 11.3 Å². The molecule has 1 aromatic heterocycles. The number of hydrogen-bond acceptors (Lipinski definition) is 3. The first-order chi connectivity index (χ1) is 9.72. The summed E-state index contributed by atoms with van der Waals surface area (Å²) in [6.45, 7) is 2.29. The fourth-order valence-corrected chi connectivity index (χ4v) is 3.70. The van der Waals surface area contributed by atoms with E-state index >= 15 is 0 Å². The van der Waals surface area contributed by atoms with Gasteiger partial charge in [-0.2, -0.15) is 11.8 Å². The zero-order valence-corrected chi connectivity index (χ0v) is 12.3. The van der Waals surface area contributed by atoms with Crippen molar-refractivity contribution in [2.45, 2.75) is 31.1 Å². The molecule has 2 atom stereocenters. The molecular weight excluding hydrogens is 270 g/mol. The van der Waals surface area contributed by atoms with Gasteiger partial charge in [0.1, 0.15) is 0 Å². The summed E-state index contributed by atoms with van der Waals surface area (Å²) in [7, 11) is 0. The maximum absolute atomic E-state index is 11.1. The van der Waals surface area contributed by atoms with Crippen LogP contribution in [0.2, 0.25) is 0 Å². The van der Waals surface area contributed by atoms with Crippen LogP contribution in [-0.2, 0) is 0 Å². The van der Waals surface area contributed by atoms with E-state index in [2.05, 4.69) is 34.6 Å². The smallest absolute Gasteiger partial charge is 0.264 e. The number of H-pyrrole nitrogens is 2. The zero-order valence-electron chi connectivity index (χ0n) is 11.5. The Bertz CT molecular complexity index is 617. The predicted molar refractivity (Wildman–Crippen MR) is 85.4 cm³/mol. The first kappa shape index (κ1) is 13.4. The van der Waals surface area contributed by atoms with Gasteiger partial charge >= 0.3 is 0 Å². The third kappa shape index (κ3) is 2.93. The number of rotatable bonds is 3. The molecular formula is C15H19N3OS. The maximum atomic E-state index is 11.1. The largest absolute Gasteiger partial charge is 0.381 e. The number of benzene rings is 1. The lowest BCUT2D eigenvalue weighted by Crippen LogP contribution is -2.32. The van der Waals surface area contributed by atoms with Crippen LogP contribution in [0.1, 0.15) is 19.8 Å². The summed E-state index contributed by atoms with van der Waals surface area (Å²) in [4.78, 5) is 11.1. The van der Waals surface area contributed by atoms with E-state index in [4.69, 9.17) is 0 Å². The van der Waals surface area contributed by atoms with Gasteiger partial charge in [0.2, 0.25) is 0 Å². The quantitative estimate of drug-likeness (QED) is 0.814. The molecule has 1 aliphatic rings. The van der Waals surface area contributed by atoms with Gasteiger partial charge in [0.05, 0.1) is 5.69 Å². The highest BCUT2D eigenvalue weighted by molar-refractivity contribution is 8.00. The average Bonchev–Trinajstić information content (AvgIpc) is 2.89. The highest BCUT2D eigenvalue weighted by atomic mass is 32.2. The summed E-state index contributed by atoms with van der Waals surface area (Å²) in [5.74, 6) is 1.28. The summed E-state index contributed by atoms with van der Waals surface area (Å²) in [6.07, 6.45) is 2.52. The molecule has 4 nitrogen and oxygen atoms in total. The fraction of sp³-hybridized carbons (Fsp3) is 0.400. The maximum Gasteiger partial charge on any atom is 0.264 e. The van der Waals surface area contributed by atoms with Crippen molar-refractivity contribution in [1.82, 2.24) is 10.2 Å². The number of hydrogen-bond donors (Lipinski definition) is 3. The van der Waals surface area contributed by atoms with Crippen molar-refractivity contribution < 1.29 is 0 Å². The van der Waals surface area contributed by atoms with Crippen molar-refractivity contribution in [1.29, 1.82) is 0 Å². The van der Waals surface area contributed by atoms with Crippen LogP contribution in [0.3, 0.4) is 0 Å². The number of aromatic nitrogens is 2. The van der Waals surface area contributed by atoms with Crippen LogP contribution in [0.4, 0.5) is 5.69 Å². The van der Waals surface area contributed by atoms with Crippen molar-refractivity contribution in [3.05, 3.63) is 40.7 Å². The Morgan fingerprint density at radius 3 is 2.70 bits per heavy atom. The van der Waals surface area contributed by atoms with Gasteiger partial charge in [-0.15, -0.1) is 0 Å². The Kier molecular flexibility index (Phi) is 3.87. The van der Waals surface area contributed by atoms with E-state index in [9.17, 15) is 4.79 Å². The molecule has 2 unspecified atom stereocenters. The molecule has 0 saturated carbocycles. The molecule has 1 aliphatic heterocycles. The second-order valence-corrected chi connectivity index (χ2v) is 6.70. The van der Waals surface area contributed by atoms with Gasteiger partial charge in [-0.1, -0.05) is 19.1 Å². The van der Waals surface area contributed by atoms with E-state index < -0.39 is 0 Å². The zero-order chi connectivity index (χ0) is 13.9. The van der Waals surface area contributed by atoms with Gasteiger partial charge in [0, 0.05) is 23.0 Å². The lowest BCUT2D eigenvalue weighted by Gasteiger charge is -2.30. The van der Waals surface area contributed by atoms with Crippen LogP contribution in [0.5, 0.6) is 0 Å². The van der Waals surface area contributed by atoms with Crippen molar-refractivity contribution in [3.63, 3.8) is 0 Å². The molecule has 0 radical (unpaired) electrons. The van der Waals surface area contributed by atoms with Crippen molar-refractivity contribution >= 4 is 17.4 Å². The SMILES string of the molecule is CC1SCCCC1Nc1ccc(-c2cc(=O)[nH][nH]2)cc1. The Hall–Kier alpha value is -1.62. The van der Waals surface area contributed by atoms with Crippen LogP contribution in [0, 0.1) is 0 Å². The minimum absolute atomic E-state index is 0.102. The highest BCUT2D eigenvalue weighted by Gasteiger charge is 2.21. The minimum Gasteiger partial charge on any atom is -0.381 e. The van der Waals surface area contributed by atoms with Gasteiger partial charge in [0.15, 0.2) is 0 Å². The molecule has 0 spiro atoms. The second kappa shape index (κ2) is 5.79. The summed E-state index contributed by atoms with van der Waals surface area (Å²) in [5, 5.41) is 9.69. The molecule has 1 saturated heterocycles. The van der Waals surface area contributed by atoms with E-state index in [0.717, 1.165) is 16.9 Å². The number of aromatic amines is 2. The van der Waals surface area contributed by atoms with E-state index in [-0.39, 0.29) is 5.56 Å². The van der Waals surface area contributed by atoms with Crippen LogP contribution in [0.15, 0.2) is 35.1 Å². The molecule has 0 aliphatic carbocycles. The molecule has 106 valence electrons. The second-order valence-electron chi connectivity index (χ2n) is 5.22. The topological polar surface area (TPSA) is 60.7 Å². The standard InChI is InChI=1S/C15H19N3OS/c1-10-13(3-2-8-20-10)16-12-6-4-11(5-7-12)14-9-15(19)18-17-14/h4-7,9-10,13,16H,2-3,8H2,1H3,(H2,17,18,19). The normalized spacial score (nSPS) is 22.6. The van der Waals surface area contributed by atoms with E-state index in [1.165, 1.54) is 18.6 Å². The van der Waals surface area contributed by atoms with Crippen LogP contribution < -0.4 is 10.9 Å². The third-order valence-electron chi connectivity index (χ3n) is 3.75. The summed E-state index contributed by atoms with van der Waals surface area (Å²) >= 11 is 2.04. The summed E-state index contributed by atoms with van der Waals surface area (Å²) in [5.41, 5.74) is 2.88. The lowest BCUT2D eigenvalue weighted by molar-refractivity contribution is 0.617. The molecule has 2 aromatic rings. The van der Waals surface area contributed by atoms with Gasteiger partial charge < -0.3 is 5.32 Å². The predicted octanol–water partition coefficient (Wildman–Crippen LogP) is 3.07. The van der Waals surface area contributed by atoms with Crippen molar-refractivity contribution in [2.75, 3.05) is 11.1 Å². The van der Waals surface area contributed by atoms with Gasteiger partial charge in [0.25, 0.3) is 5.56 Å². The van der Waals surface area contributed by atoms with E-state index in [1.54, 1.807) is 6.07 Å². The third-order valence-corrected chi connectivity index (χ3v) is 5.13. The number of thioether (sulfide) groups is 1. The molecule has 3 N–H and O–H groups in total. The minimum atomic E-state index is -0.102. The highest BCUT2D eigenvalue weighted by Crippen LogP contribution is 2.28. The molecule has 0 amide bonds. The van der Waals surface area contributed by atoms with Crippen LogP contribution in [-0.4, -0.2) is 27.2 Å². The summed E-state index contributed by atoms with van der Waals surface area (Å²) in [6, 6.07) is 10.3. The Labute approximate surface area is 122 Å². The fourth-order valence-electron chi connectivity index (χ4n) is 2.56. The Balaban J connectivity index is 1.71. The van der Waals surface area contributed by atoms with Crippen LogP contribution >= 0.6 is 11.8 Å². The Morgan fingerprint density at radius 2 is 2.05 bits per heavy atom. The monoisotopic (exact) mass is 289 g/mol. The van der Waals surface area contributed by atoms with E-state index in [0.29, 0.717) is 11.3 Å².